The van der Waals surface area contributed by atoms with E-state index in [4.69, 9.17) is 4.42 Å². The van der Waals surface area contributed by atoms with Gasteiger partial charge in [-0.3, -0.25) is 4.99 Å². The number of guanidine groups is 1. The van der Waals surface area contributed by atoms with Crippen LogP contribution in [0, 0.1) is 12.8 Å². The van der Waals surface area contributed by atoms with Gasteiger partial charge in [-0.15, -0.1) is 0 Å². The lowest BCUT2D eigenvalue weighted by molar-refractivity contribution is 0.188. The van der Waals surface area contributed by atoms with Crippen molar-refractivity contribution in [1.29, 1.82) is 0 Å². The molecule has 7 nitrogen and oxygen atoms in total. The van der Waals surface area contributed by atoms with Crippen LogP contribution in [-0.2, 0) is 6.54 Å². The number of aromatic nitrogens is 3. The molecule has 1 aliphatic heterocycles. The zero-order valence-electron chi connectivity index (χ0n) is 17.2. The van der Waals surface area contributed by atoms with Crippen molar-refractivity contribution in [1.82, 2.24) is 24.8 Å². The van der Waals surface area contributed by atoms with Gasteiger partial charge in [0.05, 0.1) is 25.1 Å². The van der Waals surface area contributed by atoms with Gasteiger partial charge in [-0.2, -0.15) is 0 Å². The molecule has 1 aliphatic rings. The van der Waals surface area contributed by atoms with Crippen LogP contribution in [0.3, 0.4) is 0 Å². The number of nitrogens with one attached hydrogen (secondary N) is 1. The number of likely N-dealkylation sites (tertiary alicyclic amines) is 1. The molecular formula is C22H28N6O. The monoisotopic (exact) mass is 392 g/mol. The first kappa shape index (κ1) is 19.2. The molecule has 4 rings (SSSR count). The standard InChI is InChI=1S/C22H28N6O/c1-16-4-6-18(7-5-16)20-12-25-21(29-20)13-26-22(23-3)27-10-8-17(2)19(14-27)28-11-9-24-15-28/h4-7,9,11-12,15,17,19H,8,10,13-14H2,1-3H3,(H,23,26). The molecule has 152 valence electrons. The highest BCUT2D eigenvalue weighted by Gasteiger charge is 2.29. The molecule has 3 aromatic rings. The molecule has 1 fully saturated rings. The Kier molecular flexibility index (Phi) is 5.64. The smallest absolute Gasteiger partial charge is 0.214 e. The largest absolute Gasteiger partial charge is 0.439 e. The highest BCUT2D eigenvalue weighted by Crippen LogP contribution is 2.27. The van der Waals surface area contributed by atoms with E-state index in [1.54, 1.807) is 6.20 Å². The second-order valence-corrected chi connectivity index (χ2v) is 7.67. The number of aryl methyl sites for hydroxylation is 1. The minimum absolute atomic E-state index is 0.389. The van der Waals surface area contributed by atoms with Gasteiger partial charge in [0.2, 0.25) is 5.89 Å². The van der Waals surface area contributed by atoms with Crippen molar-refractivity contribution >= 4 is 5.96 Å². The van der Waals surface area contributed by atoms with Crippen molar-refractivity contribution < 1.29 is 4.42 Å². The number of aliphatic imine (C=N–C) groups is 1. The zero-order chi connectivity index (χ0) is 20.2. The highest BCUT2D eigenvalue weighted by molar-refractivity contribution is 5.79. The minimum atomic E-state index is 0.389. The third-order valence-electron chi connectivity index (χ3n) is 5.63. The van der Waals surface area contributed by atoms with Crippen molar-refractivity contribution in [2.75, 3.05) is 20.1 Å². The fourth-order valence-corrected chi connectivity index (χ4v) is 3.83. The summed E-state index contributed by atoms with van der Waals surface area (Å²) in [6, 6.07) is 8.64. The van der Waals surface area contributed by atoms with E-state index < -0.39 is 0 Å². The molecule has 0 bridgehead atoms. The van der Waals surface area contributed by atoms with Crippen molar-refractivity contribution in [2.45, 2.75) is 32.9 Å². The fourth-order valence-electron chi connectivity index (χ4n) is 3.83. The summed E-state index contributed by atoms with van der Waals surface area (Å²) in [6.07, 6.45) is 8.68. The fraction of sp³-hybridized carbons (Fsp3) is 0.409. The summed E-state index contributed by atoms with van der Waals surface area (Å²) < 4.78 is 8.13. The number of nitrogens with zero attached hydrogens (tertiary/aromatic N) is 5. The average Bonchev–Trinajstić information content (AvgIpc) is 3.42. The molecule has 2 unspecified atom stereocenters. The van der Waals surface area contributed by atoms with Crippen LogP contribution >= 0.6 is 0 Å². The molecule has 29 heavy (non-hydrogen) atoms. The van der Waals surface area contributed by atoms with Gasteiger partial charge in [-0.05, 0) is 19.3 Å². The Hall–Kier alpha value is -3.09. The molecule has 1 saturated heterocycles. The van der Waals surface area contributed by atoms with E-state index in [1.165, 1.54) is 5.56 Å². The van der Waals surface area contributed by atoms with Crippen molar-refractivity contribution in [3.63, 3.8) is 0 Å². The Balaban J connectivity index is 1.39. The summed E-state index contributed by atoms with van der Waals surface area (Å²) in [6.45, 7) is 6.76. The summed E-state index contributed by atoms with van der Waals surface area (Å²) >= 11 is 0. The van der Waals surface area contributed by atoms with Crippen LogP contribution < -0.4 is 5.32 Å². The Morgan fingerprint density at radius 1 is 1.31 bits per heavy atom. The SMILES string of the molecule is CN=C(NCc1ncc(-c2ccc(C)cc2)o1)N1CCC(C)C(n2ccnc2)C1. The first-order valence-corrected chi connectivity index (χ1v) is 10.1. The van der Waals surface area contributed by atoms with Gasteiger partial charge in [0.25, 0.3) is 0 Å². The Morgan fingerprint density at radius 3 is 2.86 bits per heavy atom. The molecule has 0 amide bonds. The predicted molar refractivity (Wildman–Crippen MR) is 113 cm³/mol. The maximum atomic E-state index is 5.93. The van der Waals surface area contributed by atoms with Crippen molar-refractivity contribution in [2.24, 2.45) is 10.9 Å². The first-order chi connectivity index (χ1) is 14.1. The van der Waals surface area contributed by atoms with E-state index in [2.05, 4.69) is 67.9 Å². The van der Waals surface area contributed by atoms with Gasteiger partial charge >= 0.3 is 0 Å². The molecule has 3 heterocycles. The Bertz CT molecular complexity index is 944. The van der Waals surface area contributed by atoms with Crippen LogP contribution in [0.5, 0.6) is 0 Å². The number of benzene rings is 1. The van der Waals surface area contributed by atoms with Gasteiger partial charge < -0.3 is 19.2 Å². The van der Waals surface area contributed by atoms with E-state index in [0.717, 1.165) is 36.8 Å². The lowest BCUT2D eigenvalue weighted by Gasteiger charge is -2.39. The summed E-state index contributed by atoms with van der Waals surface area (Å²) in [4.78, 5) is 15.4. The summed E-state index contributed by atoms with van der Waals surface area (Å²) in [7, 11) is 1.82. The molecule has 7 heteroatoms. The molecule has 1 N–H and O–H groups in total. The van der Waals surface area contributed by atoms with E-state index >= 15 is 0 Å². The predicted octanol–water partition coefficient (Wildman–Crippen LogP) is 3.51. The second kappa shape index (κ2) is 8.51. The molecule has 0 saturated carbocycles. The second-order valence-electron chi connectivity index (χ2n) is 7.67. The number of hydrogen-bond acceptors (Lipinski definition) is 4. The molecule has 0 radical (unpaired) electrons. The van der Waals surface area contributed by atoms with Crippen LogP contribution in [0.2, 0.25) is 0 Å². The molecular weight excluding hydrogens is 364 g/mol. The van der Waals surface area contributed by atoms with E-state index in [0.29, 0.717) is 24.4 Å². The van der Waals surface area contributed by atoms with E-state index in [9.17, 15) is 0 Å². The van der Waals surface area contributed by atoms with Gasteiger partial charge in [-0.25, -0.2) is 9.97 Å². The van der Waals surface area contributed by atoms with Crippen LogP contribution in [0.4, 0.5) is 0 Å². The van der Waals surface area contributed by atoms with Gasteiger partial charge in [0, 0.05) is 38.1 Å². The maximum absolute atomic E-state index is 5.93. The molecule has 1 aromatic carbocycles. The molecule has 2 aromatic heterocycles. The number of imidazole rings is 1. The van der Waals surface area contributed by atoms with Crippen LogP contribution in [0.25, 0.3) is 11.3 Å². The lowest BCUT2D eigenvalue weighted by Crippen LogP contribution is -2.48. The van der Waals surface area contributed by atoms with Crippen LogP contribution in [0.1, 0.15) is 30.8 Å². The summed E-state index contributed by atoms with van der Waals surface area (Å²) in [5, 5.41) is 3.40. The Labute approximate surface area is 171 Å². The van der Waals surface area contributed by atoms with Gasteiger partial charge in [0.15, 0.2) is 11.7 Å². The van der Waals surface area contributed by atoms with Gasteiger partial charge in [0.1, 0.15) is 0 Å². The Morgan fingerprint density at radius 2 is 2.14 bits per heavy atom. The zero-order valence-corrected chi connectivity index (χ0v) is 17.2. The molecule has 0 spiro atoms. The number of rotatable bonds is 4. The highest BCUT2D eigenvalue weighted by atomic mass is 16.4. The van der Waals surface area contributed by atoms with Crippen LogP contribution in [0.15, 0.2) is 58.6 Å². The molecule has 2 atom stereocenters. The topological polar surface area (TPSA) is 71.5 Å². The third-order valence-corrected chi connectivity index (χ3v) is 5.63. The number of oxazole rings is 1. The third kappa shape index (κ3) is 4.34. The van der Waals surface area contributed by atoms with E-state index in [1.807, 2.05) is 25.8 Å². The van der Waals surface area contributed by atoms with Crippen molar-refractivity contribution in [3.05, 3.63) is 60.6 Å². The average molecular weight is 393 g/mol. The van der Waals surface area contributed by atoms with Crippen LogP contribution in [-0.4, -0.2) is 45.5 Å². The lowest BCUT2D eigenvalue weighted by atomic mass is 9.93. The number of piperidine rings is 1. The van der Waals surface area contributed by atoms with Crippen molar-refractivity contribution in [3.8, 4) is 11.3 Å². The summed E-state index contributed by atoms with van der Waals surface area (Å²) in [5.41, 5.74) is 2.26. The first-order valence-electron chi connectivity index (χ1n) is 10.1. The normalized spacial score (nSPS) is 20.1. The van der Waals surface area contributed by atoms with Gasteiger partial charge in [-0.1, -0.05) is 36.8 Å². The maximum Gasteiger partial charge on any atom is 0.214 e. The van der Waals surface area contributed by atoms with E-state index in [-0.39, 0.29) is 0 Å². The summed E-state index contributed by atoms with van der Waals surface area (Å²) in [5.74, 6) is 2.90. The quantitative estimate of drug-likeness (QED) is 0.543. The number of hydrogen-bond donors (Lipinski definition) is 1. The molecule has 0 aliphatic carbocycles. The minimum Gasteiger partial charge on any atom is -0.439 e.